The molecule has 0 radical (unpaired) electrons. The number of halogens is 4. The molecule has 0 saturated heterocycles. The number of rotatable bonds is 5. The predicted molar refractivity (Wildman–Crippen MR) is 73.0 cm³/mol. The van der Waals surface area contributed by atoms with Crippen LogP contribution >= 0.6 is 15.9 Å². The van der Waals surface area contributed by atoms with Crippen LogP contribution in [0, 0.1) is 0 Å². The molecule has 0 bridgehead atoms. The summed E-state index contributed by atoms with van der Waals surface area (Å²) in [6.07, 6.45) is -4.85. The molecular weight excluding hydrogens is 355 g/mol. The standard InChI is InChI=1S/C13H11BrF3NO3/c1-7(14)6-10(12(20)21)18-11(19)8-4-2-3-5-9(8)13(15,16)17/h2-5,10H,1,6H2,(H,18,19)(H,20,21)/t10-/m1/s1. The van der Waals surface area contributed by atoms with Crippen molar-refractivity contribution in [2.45, 2.75) is 18.6 Å². The lowest BCUT2D eigenvalue weighted by atomic mass is 10.1. The number of hydrogen-bond acceptors (Lipinski definition) is 2. The molecule has 1 amide bonds. The Balaban J connectivity index is 3.04. The normalized spacial score (nSPS) is 12.6. The van der Waals surface area contributed by atoms with Crippen molar-refractivity contribution < 1.29 is 27.9 Å². The summed E-state index contributed by atoms with van der Waals surface area (Å²) in [6.45, 7) is 3.44. The third kappa shape index (κ3) is 4.89. The van der Waals surface area contributed by atoms with Gasteiger partial charge in [0, 0.05) is 6.42 Å². The van der Waals surface area contributed by atoms with Crippen LogP contribution < -0.4 is 5.32 Å². The Morgan fingerprint density at radius 3 is 2.38 bits per heavy atom. The number of carbonyl (C=O) groups excluding carboxylic acids is 1. The van der Waals surface area contributed by atoms with Gasteiger partial charge in [-0.05, 0) is 16.6 Å². The van der Waals surface area contributed by atoms with Gasteiger partial charge in [0.15, 0.2) is 0 Å². The van der Waals surface area contributed by atoms with E-state index in [1.165, 1.54) is 6.07 Å². The quantitative estimate of drug-likeness (QED) is 0.841. The molecule has 0 unspecified atom stereocenters. The van der Waals surface area contributed by atoms with Crippen molar-refractivity contribution in [2.24, 2.45) is 0 Å². The molecule has 0 spiro atoms. The highest BCUT2D eigenvalue weighted by atomic mass is 79.9. The van der Waals surface area contributed by atoms with Gasteiger partial charge in [0.05, 0.1) is 11.1 Å². The highest BCUT2D eigenvalue weighted by Gasteiger charge is 2.35. The number of carbonyl (C=O) groups is 2. The first-order chi connectivity index (χ1) is 9.62. The van der Waals surface area contributed by atoms with Crippen LogP contribution in [0.3, 0.4) is 0 Å². The van der Waals surface area contributed by atoms with Gasteiger partial charge >= 0.3 is 12.1 Å². The van der Waals surface area contributed by atoms with E-state index >= 15 is 0 Å². The largest absolute Gasteiger partial charge is 0.480 e. The van der Waals surface area contributed by atoms with E-state index in [2.05, 4.69) is 22.5 Å². The Bertz CT molecular complexity index is 572. The average molecular weight is 366 g/mol. The molecule has 21 heavy (non-hydrogen) atoms. The van der Waals surface area contributed by atoms with Crippen LogP contribution in [0.25, 0.3) is 0 Å². The van der Waals surface area contributed by atoms with E-state index in [-0.39, 0.29) is 6.42 Å². The van der Waals surface area contributed by atoms with E-state index in [0.29, 0.717) is 4.48 Å². The van der Waals surface area contributed by atoms with Gasteiger partial charge in [0.25, 0.3) is 5.91 Å². The fourth-order valence-electron chi connectivity index (χ4n) is 1.59. The van der Waals surface area contributed by atoms with Gasteiger partial charge in [-0.25, -0.2) is 4.79 Å². The number of carboxylic acids is 1. The zero-order valence-electron chi connectivity index (χ0n) is 10.6. The minimum absolute atomic E-state index is 0.144. The molecule has 0 aliphatic heterocycles. The lowest BCUT2D eigenvalue weighted by Gasteiger charge is -2.16. The van der Waals surface area contributed by atoms with Crippen LogP contribution in [-0.2, 0) is 11.0 Å². The summed E-state index contributed by atoms with van der Waals surface area (Å²) in [7, 11) is 0. The van der Waals surface area contributed by atoms with E-state index < -0.39 is 35.2 Å². The van der Waals surface area contributed by atoms with Crippen molar-refractivity contribution in [3.05, 3.63) is 46.5 Å². The lowest BCUT2D eigenvalue weighted by molar-refractivity contribution is -0.139. The fourth-order valence-corrected chi connectivity index (χ4v) is 1.91. The minimum atomic E-state index is -4.70. The van der Waals surface area contributed by atoms with Crippen LogP contribution in [0.1, 0.15) is 22.3 Å². The summed E-state index contributed by atoms with van der Waals surface area (Å²) in [5, 5.41) is 11.0. The van der Waals surface area contributed by atoms with Gasteiger partial charge in [0.1, 0.15) is 6.04 Å². The second-order valence-corrected chi connectivity index (χ2v) is 5.25. The Hall–Kier alpha value is -1.83. The van der Waals surface area contributed by atoms with Crippen LogP contribution in [0.2, 0.25) is 0 Å². The van der Waals surface area contributed by atoms with Crippen molar-refractivity contribution in [1.82, 2.24) is 5.32 Å². The maximum Gasteiger partial charge on any atom is 0.417 e. The third-order valence-corrected chi connectivity index (χ3v) is 2.83. The first-order valence-corrected chi connectivity index (χ1v) is 6.45. The summed E-state index contributed by atoms with van der Waals surface area (Å²) in [4.78, 5) is 22.9. The van der Waals surface area contributed by atoms with Crippen LogP contribution in [-0.4, -0.2) is 23.0 Å². The van der Waals surface area contributed by atoms with Crippen molar-refractivity contribution in [3.8, 4) is 0 Å². The van der Waals surface area contributed by atoms with Crippen LogP contribution in [0.5, 0.6) is 0 Å². The third-order valence-electron chi connectivity index (χ3n) is 2.51. The smallest absolute Gasteiger partial charge is 0.417 e. The predicted octanol–water partition coefficient (Wildman–Crippen LogP) is 3.19. The van der Waals surface area contributed by atoms with Gasteiger partial charge in [0.2, 0.25) is 0 Å². The lowest BCUT2D eigenvalue weighted by Crippen LogP contribution is -2.41. The second kappa shape index (κ2) is 6.75. The summed E-state index contributed by atoms with van der Waals surface area (Å²) in [6, 6.07) is 2.79. The number of alkyl halides is 3. The molecule has 4 nitrogen and oxygen atoms in total. The second-order valence-electron chi connectivity index (χ2n) is 4.13. The summed E-state index contributed by atoms with van der Waals surface area (Å²) in [5.41, 5.74) is -1.75. The summed E-state index contributed by atoms with van der Waals surface area (Å²) < 4.78 is 38.7. The number of aliphatic carboxylic acids is 1. The molecule has 0 aliphatic carbocycles. The van der Waals surface area contributed by atoms with Gasteiger partial charge in [-0.15, -0.1) is 0 Å². The number of hydrogen-bond donors (Lipinski definition) is 2. The molecule has 0 fully saturated rings. The molecule has 2 N–H and O–H groups in total. The van der Waals surface area contributed by atoms with E-state index in [1.54, 1.807) is 0 Å². The zero-order chi connectivity index (χ0) is 16.2. The molecule has 1 atom stereocenters. The minimum Gasteiger partial charge on any atom is -0.480 e. The SMILES string of the molecule is C=C(Br)C[C@@H](NC(=O)c1ccccc1C(F)(F)F)C(=O)O. The fraction of sp³-hybridized carbons (Fsp3) is 0.231. The molecule has 0 aromatic heterocycles. The van der Waals surface area contributed by atoms with Gasteiger partial charge < -0.3 is 10.4 Å². The van der Waals surface area contributed by atoms with Gasteiger partial charge in [-0.1, -0.05) is 34.6 Å². The molecule has 8 heteroatoms. The number of nitrogens with one attached hydrogen (secondary N) is 1. The highest BCUT2D eigenvalue weighted by molar-refractivity contribution is 9.11. The van der Waals surface area contributed by atoms with Crippen LogP contribution in [0.15, 0.2) is 35.3 Å². The molecular formula is C13H11BrF3NO3. The Labute approximate surface area is 126 Å². The number of benzene rings is 1. The van der Waals surface area contributed by atoms with E-state index in [1.807, 2.05) is 5.32 Å². The van der Waals surface area contributed by atoms with E-state index in [0.717, 1.165) is 18.2 Å². The van der Waals surface area contributed by atoms with E-state index in [9.17, 15) is 22.8 Å². The molecule has 0 aliphatic rings. The Kier molecular flexibility index (Phi) is 5.54. The van der Waals surface area contributed by atoms with Gasteiger partial charge in [-0.3, -0.25) is 4.79 Å². The Morgan fingerprint density at radius 2 is 1.90 bits per heavy atom. The maximum absolute atomic E-state index is 12.8. The summed E-state index contributed by atoms with van der Waals surface area (Å²) >= 11 is 2.95. The van der Waals surface area contributed by atoms with Crippen molar-refractivity contribution >= 4 is 27.8 Å². The molecule has 1 aromatic rings. The van der Waals surface area contributed by atoms with Crippen LogP contribution in [0.4, 0.5) is 13.2 Å². The average Bonchev–Trinajstić information content (AvgIpc) is 2.36. The van der Waals surface area contributed by atoms with Crippen molar-refractivity contribution in [3.63, 3.8) is 0 Å². The molecule has 1 aromatic carbocycles. The first kappa shape index (κ1) is 17.2. The topological polar surface area (TPSA) is 66.4 Å². The Morgan fingerprint density at radius 1 is 1.33 bits per heavy atom. The first-order valence-electron chi connectivity index (χ1n) is 5.66. The monoisotopic (exact) mass is 365 g/mol. The van der Waals surface area contributed by atoms with Crippen molar-refractivity contribution in [2.75, 3.05) is 0 Å². The van der Waals surface area contributed by atoms with E-state index in [4.69, 9.17) is 5.11 Å². The van der Waals surface area contributed by atoms with Crippen molar-refractivity contribution in [1.29, 1.82) is 0 Å². The molecule has 1 rings (SSSR count). The number of carboxylic acid groups (broad SMARTS) is 1. The molecule has 114 valence electrons. The van der Waals surface area contributed by atoms with Gasteiger partial charge in [-0.2, -0.15) is 13.2 Å². The maximum atomic E-state index is 12.8. The highest BCUT2D eigenvalue weighted by Crippen LogP contribution is 2.31. The molecule has 0 saturated carbocycles. The molecule has 0 heterocycles. The zero-order valence-corrected chi connectivity index (χ0v) is 12.2. The summed E-state index contributed by atoms with van der Waals surface area (Å²) in [5.74, 6) is -2.47. The number of amides is 1.